The van der Waals surface area contributed by atoms with Gasteiger partial charge in [-0.2, -0.15) is 13.2 Å². The summed E-state index contributed by atoms with van der Waals surface area (Å²) in [5, 5.41) is 2.83. The third kappa shape index (κ3) is 3.32. The molecule has 0 bridgehead atoms. The van der Waals surface area contributed by atoms with Gasteiger partial charge in [0.25, 0.3) is 0 Å². The van der Waals surface area contributed by atoms with Crippen LogP contribution in [0.25, 0.3) is 44.2 Å². The third-order valence-electron chi connectivity index (χ3n) is 5.43. The van der Waals surface area contributed by atoms with Crippen molar-refractivity contribution in [1.29, 1.82) is 0 Å². The summed E-state index contributed by atoms with van der Waals surface area (Å²) in [6.45, 7) is 0. The van der Waals surface area contributed by atoms with Gasteiger partial charge in [-0.15, -0.1) is 0 Å². The molecule has 1 heterocycles. The lowest BCUT2D eigenvalue weighted by atomic mass is 9.96. The van der Waals surface area contributed by atoms with E-state index in [4.69, 9.17) is 9.15 Å². The van der Waals surface area contributed by atoms with E-state index in [9.17, 15) is 13.2 Å². The first-order valence-corrected chi connectivity index (χ1v) is 9.72. The summed E-state index contributed by atoms with van der Waals surface area (Å²) in [6, 6.07) is 24.5. The van der Waals surface area contributed by atoms with E-state index < -0.39 is 11.7 Å². The molecule has 0 radical (unpaired) electrons. The zero-order valence-corrected chi connectivity index (χ0v) is 16.5. The van der Waals surface area contributed by atoms with Crippen LogP contribution in [0.5, 0.6) is 5.75 Å². The first-order valence-electron chi connectivity index (χ1n) is 9.72. The Kier molecular flexibility index (Phi) is 4.47. The molecular weight excluding hydrogens is 401 g/mol. The van der Waals surface area contributed by atoms with Crippen LogP contribution in [0.1, 0.15) is 5.56 Å². The summed E-state index contributed by atoms with van der Waals surface area (Å²) in [5.41, 5.74) is 2.27. The van der Waals surface area contributed by atoms with Crippen molar-refractivity contribution in [1.82, 2.24) is 0 Å². The van der Waals surface area contributed by atoms with E-state index in [1.807, 2.05) is 60.7 Å². The molecule has 0 saturated carbocycles. The van der Waals surface area contributed by atoms with Gasteiger partial charge in [0, 0.05) is 21.9 Å². The second-order valence-electron chi connectivity index (χ2n) is 7.27. The first-order chi connectivity index (χ1) is 15.0. The molecule has 1 aromatic heterocycles. The van der Waals surface area contributed by atoms with Crippen molar-refractivity contribution >= 4 is 21.7 Å². The predicted octanol–water partition coefficient (Wildman–Crippen LogP) is 7.95. The minimum Gasteiger partial charge on any atom is -0.497 e. The normalized spacial score (nSPS) is 11.9. The predicted molar refractivity (Wildman–Crippen MR) is 116 cm³/mol. The van der Waals surface area contributed by atoms with Crippen LogP contribution < -0.4 is 4.74 Å². The first kappa shape index (κ1) is 19.2. The van der Waals surface area contributed by atoms with Gasteiger partial charge in [0.05, 0.1) is 12.7 Å². The molecule has 0 aliphatic heterocycles. The van der Waals surface area contributed by atoms with Crippen LogP contribution in [0.15, 0.2) is 89.3 Å². The Bertz CT molecular complexity index is 1380. The van der Waals surface area contributed by atoms with Crippen LogP contribution >= 0.6 is 0 Å². The lowest BCUT2D eigenvalue weighted by molar-refractivity contribution is -0.137. The van der Waals surface area contributed by atoms with Gasteiger partial charge >= 0.3 is 6.18 Å². The molecule has 0 fully saturated rings. The molecule has 5 heteroatoms. The maximum absolute atomic E-state index is 13.1. The number of fused-ring (bicyclic) bond motifs is 3. The van der Waals surface area contributed by atoms with Crippen LogP contribution in [0, 0.1) is 0 Å². The molecule has 5 rings (SSSR count). The molecule has 0 N–H and O–H groups in total. The summed E-state index contributed by atoms with van der Waals surface area (Å²) in [4.78, 5) is 0. The molecule has 4 aromatic carbocycles. The summed E-state index contributed by atoms with van der Waals surface area (Å²) >= 11 is 0. The zero-order valence-electron chi connectivity index (χ0n) is 16.5. The molecule has 0 spiro atoms. The molecule has 0 amide bonds. The highest BCUT2D eigenvalue weighted by Crippen LogP contribution is 2.44. The lowest BCUT2D eigenvalue weighted by Gasteiger charge is -2.09. The van der Waals surface area contributed by atoms with Crippen molar-refractivity contribution in [2.24, 2.45) is 0 Å². The van der Waals surface area contributed by atoms with Gasteiger partial charge in [-0.05, 0) is 53.4 Å². The quantitative estimate of drug-likeness (QED) is 0.297. The molecule has 2 nitrogen and oxygen atoms in total. The standard InChI is InChI=1S/C26H17F3O2/c1-30-20-13-8-18(9-14-20)24-23(17-6-11-19(12-7-17)26(27,28)29)22-15-10-16-4-2-3-5-21(16)25(22)31-24/h2-15H,1H3. The number of ether oxygens (including phenoxy) is 1. The van der Waals surface area contributed by atoms with Crippen molar-refractivity contribution in [2.45, 2.75) is 6.18 Å². The van der Waals surface area contributed by atoms with Crippen LogP contribution in [0.3, 0.4) is 0 Å². The molecule has 0 aliphatic rings. The molecule has 0 saturated heterocycles. The van der Waals surface area contributed by atoms with Gasteiger partial charge in [-0.1, -0.05) is 42.5 Å². The molecule has 0 unspecified atom stereocenters. The van der Waals surface area contributed by atoms with Crippen molar-refractivity contribution < 1.29 is 22.3 Å². The minimum absolute atomic E-state index is 0.605. The maximum Gasteiger partial charge on any atom is 0.416 e. The summed E-state index contributed by atoms with van der Waals surface area (Å²) in [7, 11) is 1.59. The van der Waals surface area contributed by atoms with Crippen LogP contribution in [-0.4, -0.2) is 7.11 Å². The van der Waals surface area contributed by atoms with Gasteiger partial charge in [0.15, 0.2) is 0 Å². The highest BCUT2D eigenvalue weighted by molar-refractivity contribution is 6.12. The Morgan fingerprint density at radius 1 is 0.710 bits per heavy atom. The average molecular weight is 418 g/mol. The number of alkyl halides is 3. The fraction of sp³-hybridized carbons (Fsp3) is 0.0769. The van der Waals surface area contributed by atoms with Crippen molar-refractivity contribution in [3.8, 4) is 28.2 Å². The largest absolute Gasteiger partial charge is 0.497 e. The number of halogens is 3. The van der Waals surface area contributed by atoms with Gasteiger partial charge in [0.2, 0.25) is 0 Å². The smallest absolute Gasteiger partial charge is 0.416 e. The third-order valence-corrected chi connectivity index (χ3v) is 5.43. The molecule has 0 atom stereocenters. The Hall–Kier alpha value is -3.73. The van der Waals surface area contributed by atoms with Crippen LogP contribution in [0.2, 0.25) is 0 Å². The fourth-order valence-electron chi connectivity index (χ4n) is 3.88. The maximum atomic E-state index is 13.1. The molecule has 5 aromatic rings. The monoisotopic (exact) mass is 418 g/mol. The van der Waals surface area contributed by atoms with E-state index in [0.717, 1.165) is 39.4 Å². The topological polar surface area (TPSA) is 22.4 Å². The van der Waals surface area contributed by atoms with Crippen molar-refractivity contribution in [3.05, 3.63) is 90.5 Å². The van der Waals surface area contributed by atoms with E-state index >= 15 is 0 Å². The fourth-order valence-corrected chi connectivity index (χ4v) is 3.88. The number of benzene rings is 4. The van der Waals surface area contributed by atoms with Gasteiger partial charge < -0.3 is 9.15 Å². The Morgan fingerprint density at radius 3 is 2.06 bits per heavy atom. The zero-order chi connectivity index (χ0) is 21.6. The Labute approximate surface area is 176 Å². The number of furan rings is 1. The van der Waals surface area contributed by atoms with Gasteiger partial charge in [-0.25, -0.2) is 0 Å². The minimum atomic E-state index is -4.38. The van der Waals surface area contributed by atoms with Crippen LogP contribution in [-0.2, 0) is 6.18 Å². The van der Waals surface area contributed by atoms with E-state index in [1.54, 1.807) is 7.11 Å². The van der Waals surface area contributed by atoms with E-state index in [2.05, 4.69) is 0 Å². The van der Waals surface area contributed by atoms with E-state index in [-0.39, 0.29) is 0 Å². The second kappa shape index (κ2) is 7.20. The number of hydrogen-bond donors (Lipinski definition) is 0. The molecule has 31 heavy (non-hydrogen) atoms. The Morgan fingerprint density at radius 2 is 1.39 bits per heavy atom. The number of hydrogen-bond acceptors (Lipinski definition) is 2. The van der Waals surface area contributed by atoms with Crippen molar-refractivity contribution in [3.63, 3.8) is 0 Å². The number of methoxy groups -OCH3 is 1. The summed E-state index contributed by atoms with van der Waals surface area (Å²) < 4.78 is 50.8. The summed E-state index contributed by atoms with van der Waals surface area (Å²) in [5.74, 6) is 1.31. The van der Waals surface area contributed by atoms with E-state index in [0.29, 0.717) is 22.7 Å². The molecule has 154 valence electrons. The summed E-state index contributed by atoms with van der Waals surface area (Å²) in [6.07, 6.45) is -4.38. The highest BCUT2D eigenvalue weighted by atomic mass is 19.4. The molecular formula is C26H17F3O2. The Balaban J connectivity index is 1.79. The lowest BCUT2D eigenvalue weighted by Crippen LogP contribution is -2.04. The number of rotatable bonds is 3. The SMILES string of the molecule is COc1ccc(-c2oc3c(ccc4ccccc43)c2-c2ccc(C(F)(F)F)cc2)cc1. The van der Waals surface area contributed by atoms with E-state index in [1.165, 1.54) is 12.1 Å². The van der Waals surface area contributed by atoms with Gasteiger partial charge in [-0.3, -0.25) is 0 Å². The highest BCUT2D eigenvalue weighted by Gasteiger charge is 2.30. The van der Waals surface area contributed by atoms with Crippen molar-refractivity contribution in [2.75, 3.05) is 7.11 Å². The second-order valence-corrected chi connectivity index (χ2v) is 7.27. The average Bonchev–Trinajstić information content (AvgIpc) is 3.19. The van der Waals surface area contributed by atoms with Gasteiger partial charge in [0.1, 0.15) is 17.1 Å². The van der Waals surface area contributed by atoms with Crippen LogP contribution in [0.4, 0.5) is 13.2 Å². The molecule has 0 aliphatic carbocycles.